The molecule has 0 saturated carbocycles. The highest BCUT2D eigenvalue weighted by Crippen LogP contribution is 2.14. The number of nitrogens with one attached hydrogen (secondary N) is 1. The molecule has 0 spiro atoms. The number of nitrogens with zero attached hydrogens (tertiary/aromatic N) is 3. The molecule has 1 N–H and O–H groups in total. The summed E-state index contributed by atoms with van der Waals surface area (Å²) in [6.45, 7) is 0. The number of nitro benzene ring substituents is 1. The van der Waals surface area contributed by atoms with Crippen molar-refractivity contribution in [1.82, 2.24) is 9.99 Å². The number of para-hydroxylation sites is 1. The normalized spacial score (nSPS) is 10.7. The standard InChI is InChI=1S/C14H14N4O3/c1-17-8-4-6-12(17)9-14(19)16-15-10-11-5-2-3-7-13(11)18(20)21/h2-8,10H,9H2,1H3,(H,16,19)/b15-10-. The molecule has 0 atom stereocenters. The number of hydrazone groups is 1. The van der Waals surface area contributed by atoms with E-state index in [0.29, 0.717) is 5.56 Å². The van der Waals surface area contributed by atoms with Crippen molar-refractivity contribution in [2.45, 2.75) is 6.42 Å². The van der Waals surface area contributed by atoms with E-state index in [0.717, 1.165) is 5.69 Å². The summed E-state index contributed by atoms with van der Waals surface area (Å²) < 4.78 is 1.84. The van der Waals surface area contributed by atoms with Gasteiger partial charge in [-0.1, -0.05) is 12.1 Å². The van der Waals surface area contributed by atoms with Crippen LogP contribution in [0, 0.1) is 10.1 Å². The Labute approximate surface area is 121 Å². The first-order valence-electron chi connectivity index (χ1n) is 6.23. The van der Waals surface area contributed by atoms with Gasteiger partial charge in [0, 0.05) is 25.0 Å². The Morgan fingerprint density at radius 3 is 2.81 bits per heavy atom. The smallest absolute Gasteiger partial charge is 0.278 e. The summed E-state index contributed by atoms with van der Waals surface area (Å²) in [5.74, 6) is -0.286. The SMILES string of the molecule is Cn1cccc1CC(=O)N/N=C\c1ccccc1[N+](=O)[O-]. The maximum absolute atomic E-state index is 11.7. The number of carbonyl (C=O) groups is 1. The number of aromatic nitrogens is 1. The number of amides is 1. The van der Waals surface area contributed by atoms with E-state index in [9.17, 15) is 14.9 Å². The van der Waals surface area contributed by atoms with Crippen LogP contribution in [0.4, 0.5) is 5.69 Å². The Bertz CT molecular complexity index is 691. The number of hydrogen-bond acceptors (Lipinski definition) is 4. The summed E-state index contributed by atoms with van der Waals surface area (Å²) in [5, 5.41) is 14.6. The quantitative estimate of drug-likeness (QED) is 0.514. The van der Waals surface area contributed by atoms with Crippen LogP contribution < -0.4 is 5.43 Å². The van der Waals surface area contributed by atoms with Gasteiger partial charge in [-0.2, -0.15) is 5.10 Å². The molecule has 0 saturated heterocycles. The van der Waals surface area contributed by atoms with Gasteiger partial charge in [0.1, 0.15) is 0 Å². The first kappa shape index (κ1) is 14.4. The van der Waals surface area contributed by atoms with Crippen molar-refractivity contribution >= 4 is 17.8 Å². The van der Waals surface area contributed by atoms with Gasteiger partial charge in [0.25, 0.3) is 5.69 Å². The topological polar surface area (TPSA) is 89.5 Å². The molecular formula is C14H14N4O3. The number of carbonyl (C=O) groups excluding carboxylic acids is 1. The molecule has 21 heavy (non-hydrogen) atoms. The maximum Gasteiger partial charge on any atom is 0.278 e. The molecule has 0 fully saturated rings. The summed E-state index contributed by atoms with van der Waals surface area (Å²) in [5.41, 5.74) is 3.49. The predicted molar refractivity (Wildman–Crippen MR) is 78.0 cm³/mol. The first-order chi connectivity index (χ1) is 10.1. The van der Waals surface area contributed by atoms with Crippen LogP contribution in [0.1, 0.15) is 11.3 Å². The third-order valence-electron chi connectivity index (χ3n) is 2.92. The molecule has 0 aliphatic rings. The van der Waals surface area contributed by atoms with E-state index in [1.807, 2.05) is 29.9 Å². The van der Waals surface area contributed by atoms with Crippen molar-refractivity contribution in [3.63, 3.8) is 0 Å². The fourth-order valence-corrected chi connectivity index (χ4v) is 1.82. The molecular weight excluding hydrogens is 272 g/mol. The van der Waals surface area contributed by atoms with Crippen molar-refractivity contribution < 1.29 is 9.72 Å². The minimum atomic E-state index is -0.493. The van der Waals surface area contributed by atoms with Gasteiger partial charge in [-0.05, 0) is 18.2 Å². The van der Waals surface area contributed by atoms with Crippen molar-refractivity contribution in [1.29, 1.82) is 0 Å². The molecule has 7 heteroatoms. The van der Waals surface area contributed by atoms with Crippen LogP contribution in [-0.2, 0) is 18.3 Å². The van der Waals surface area contributed by atoms with E-state index in [4.69, 9.17) is 0 Å². The Morgan fingerprint density at radius 1 is 1.38 bits per heavy atom. The van der Waals surface area contributed by atoms with E-state index in [2.05, 4.69) is 10.5 Å². The minimum Gasteiger partial charge on any atom is -0.354 e. The Balaban J connectivity index is 1.98. The van der Waals surface area contributed by atoms with Gasteiger partial charge in [0.05, 0.1) is 23.1 Å². The molecule has 1 aromatic heterocycles. The number of rotatable bonds is 5. The van der Waals surface area contributed by atoms with Crippen molar-refractivity contribution in [2.24, 2.45) is 12.1 Å². The highest BCUT2D eigenvalue weighted by molar-refractivity contribution is 5.86. The highest BCUT2D eigenvalue weighted by atomic mass is 16.6. The lowest BCUT2D eigenvalue weighted by molar-refractivity contribution is -0.385. The third-order valence-corrected chi connectivity index (χ3v) is 2.92. The zero-order valence-electron chi connectivity index (χ0n) is 11.4. The summed E-state index contributed by atoms with van der Waals surface area (Å²) >= 11 is 0. The Morgan fingerprint density at radius 2 is 2.14 bits per heavy atom. The number of aryl methyl sites for hydroxylation is 1. The van der Waals surface area contributed by atoms with E-state index in [-0.39, 0.29) is 18.0 Å². The van der Waals surface area contributed by atoms with Gasteiger partial charge in [0.2, 0.25) is 5.91 Å². The van der Waals surface area contributed by atoms with Crippen LogP contribution in [0.3, 0.4) is 0 Å². The molecule has 1 amide bonds. The second-order valence-corrected chi connectivity index (χ2v) is 4.40. The first-order valence-corrected chi connectivity index (χ1v) is 6.23. The second kappa shape index (κ2) is 6.47. The average Bonchev–Trinajstić information content (AvgIpc) is 2.84. The monoisotopic (exact) mass is 286 g/mol. The van der Waals surface area contributed by atoms with Crippen LogP contribution in [0.2, 0.25) is 0 Å². The van der Waals surface area contributed by atoms with E-state index in [1.54, 1.807) is 18.2 Å². The van der Waals surface area contributed by atoms with E-state index >= 15 is 0 Å². The van der Waals surface area contributed by atoms with Crippen LogP contribution in [0.5, 0.6) is 0 Å². The van der Waals surface area contributed by atoms with Gasteiger partial charge in [0.15, 0.2) is 0 Å². The number of nitro groups is 1. The zero-order valence-corrected chi connectivity index (χ0v) is 11.4. The van der Waals surface area contributed by atoms with Crippen LogP contribution in [0.25, 0.3) is 0 Å². The van der Waals surface area contributed by atoms with Crippen LogP contribution >= 0.6 is 0 Å². The summed E-state index contributed by atoms with van der Waals surface area (Å²) in [6, 6.07) is 9.87. The molecule has 1 heterocycles. The molecule has 2 rings (SSSR count). The van der Waals surface area contributed by atoms with Crippen LogP contribution in [-0.4, -0.2) is 21.6 Å². The fourth-order valence-electron chi connectivity index (χ4n) is 1.82. The summed E-state index contributed by atoms with van der Waals surface area (Å²) in [6.07, 6.45) is 3.30. The lowest BCUT2D eigenvalue weighted by Gasteiger charge is -2.02. The lowest BCUT2D eigenvalue weighted by Crippen LogP contribution is -2.20. The fraction of sp³-hybridized carbons (Fsp3) is 0.143. The summed E-state index contributed by atoms with van der Waals surface area (Å²) in [4.78, 5) is 22.0. The molecule has 0 unspecified atom stereocenters. The molecule has 0 aliphatic heterocycles. The molecule has 0 radical (unpaired) electrons. The number of benzene rings is 1. The largest absolute Gasteiger partial charge is 0.354 e. The Hall–Kier alpha value is -2.96. The minimum absolute atomic E-state index is 0.0575. The maximum atomic E-state index is 11.7. The van der Waals surface area contributed by atoms with Gasteiger partial charge >= 0.3 is 0 Å². The average molecular weight is 286 g/mol. The molecule has 0 aliphatic carbocycles. The van der Waals surface area contributed by atoms with Gasteiger partial charge in [-0.15, -0.1) is 0 Å². The van der Waals surface area contributed by atoms with Gasteiger partial charge < -0.3 is 4.57 Å². The Kier molecular flexibility index (Phi) is 4.45. The van der Waals surface area contributed by atoms with Gasteiger partial charge in [-0.3, -0.25) is 14.9 Å². The van der Waals surface area contributed by atoms with E-state index < -0.39 is 4.92 Å². The highest BCUT2D eigenvalue weighted by Gasteiger charge is 2.10. The van der Waals surface area contributed by atoms with Crippen molar-refractivity contribution in [2.75, 3.05) is 0 Å². The third kappa shape index (κ3) is 3.75. The molecule has 0 bridgehead atoms. The van der Waals surface area contributed by atoms with Crippen molar-refractivity contribution in [3.05, 3.63) is 64.0 Å². The van der Waals surface area contributed by atoms with Crippen LogP contribution in [0.15, 0.2) is 47.7 Å². The number of hydrogen-bond donors (Lipinski definition) is 1. The lowest BCUT2D eigenvalue weighted by atomic mass is 10.2. The van der Waals surface area contributed by atoms with Crippen molar-refractivity contribution in [3.8, 4) is 0 Å². The summed E-state index contributed by atoms with van der Waals surface area (Å²) in [7, 11) is 1.85. The van der Waals surface area contributed by atoms with E-state index in [1.165, 1.54) is 12.3 Å². The molecule has 108 valence electrons. The molecule has 7 nitrogen and oxygen atoms in total. The molecule has 2 aromatic rings. The van der Waals surface area contributed by atoms with Gasteiger partial charge in [-0.25, -0.2) is 5.43 Å². The molecule has 1 aromatic carbocycles. The second-order valence-electron chi connectivity index (χ2n) is 4.40. The zero-order chi connectivity index (χ0) is 15.2. The predicted octanol–water partition coefficient (Wildman–Crippen LogP) is 1.63.